The van der Waals surface area contributed by atoms with E-state index >= 15 is 0 Å². The first-order chi connectivity index (χ1) is 17.0. The van der Waals surface area contributed by atoms with Gasteiger partial charge in [-0.05, 0) is 52.8 Å². The van der Waals surface area contributed by atoms with E-state index in [1.807, 2.05) is 36.4 Å². The molecule has 0 atom stereocenters. The fraction of sp³-hybridized carbons (Fsp3) is 0.345. The number of para-hydroxylation sites is 1. The van der Waals surface area contributed by atoms with Crippen LogP contribution in [0.5, 0.6) is 5.75 Å². The number of nitrogens with zero attached hydrogens (tertiary/aromatic N) is 1. The lowest BCUT2D eigenvalue weighted by Crippen LogP contribution is -2.42. The predicted molar refractivity (Wildman–Crippen MR) is 145 cm³/mol. The molecule has 0 aliphatic rings. The van der Waals surface area contributed by atoms with Crippen LogP contribution in [0.3, 0.4) is 0 Å². The number of carbonyl (C=O) groups excluding carboxylic acids is 1. The average molecular weight is 509 g/mol. The highest BCUT2D eigenvalue weighted by molar-refractivity contribution is 7.92. The summed E-state index contributed by atoms with van der Waals surface area (Å²) >= 11 is 0. The van der Waals surface area contributed by atoms with Crippen molar-refractivity contribution >= 4 is 21.6 Å². The molecule has 36 heavy (non-hydrogen) atoms. The third-order valence-corrected chi connectivity index (χ3v) is 7.63. The molecule has 6 nitrogen and oxygen atoms in total. The second-order valence-electron chi connectivity index (χ2n) is 10.0. The van der Waals surface area contributed by atoms with E-state index in [2.05, 4.69) is 39.9 Å². The molecule has 7 heteroatoms. The molecule has 1 N–H and O–H groups in total. The van der Waals surface area contributed by atoms with E-state index in [0.717, 1.165) is 21.2 Å². The number of amides is 1. The quantitative estimate of drug-likeness (QED) is 0.367. The summed E-state index contributed by atoms with van der Waals surface area (Å²) in [6, 6.07) is 23.3. The van der Waals surface area contributed by atoms with Gasteiger partial charge in [-0.3, -0.25) is 9.10 Å². The van der Waals surface area contributed by atoms with E-state index in [9.17, 15) is 13.2 Å². The van der Waals surface area contributed by atoms with Gasteiger partial charge in [-0.15, -0.1) is 0 Å². The van der Waals surface area contributed by atoms with Gasteiger partial charge in [0, 0.05) is 0 Å². The smallest absolute Gasteiger partial charge is 0.264 e. The highest BCUT2D eigenvalue weighted by atomic mass is 32.2. The monoisotopic (exact) mass is 508 g/mol. The molecule has 0 aliphatic carbocycles. The molecular weight excluding hydrogens is 472 g/mol. The molecule has 192 valence electrons. The van der Waals surface area contributed by atoms with Crippen molar-refractivity contribution in [2.24, 2.45) is 0 Å². The molecular formula is C29H36N2O4S. The first kappa shape index (κ1) is 27.3. The van der Waals surface area contributed by atoms with Gasteiger partial charge < -0.3 is 10.1 Å². The van der Waals surface area contributed by atoms with Crippen LogP contribution in [0.1, 0.15) is 51.7 Å². The number of carbonyl (C=O) groups is 1. The van der Waals surface area contributed by atoms with Gasteiger partial charge in [0.05, 0.1) is 17.1 Å². The standard InChI is InChI=1S/C29H36N2O4S/c1-22(2)23-15-17-24(18-16-23)31(36(33,34)25-11-7-6-8-12-25)21-28(32)30-19-20-35-27-14-10-9-13-26(27)29(3,4)5/h6-18,22H,19-21H2,1-5H3,(H,30,32). The minimum atomic E-state index is -3.94. The minimum Gasteiger partial charge on any atom is -0.491 e. The summed E-state index contributed by atoms with van der Waals surface area (Å²) in [5.41, 5.74) is 2.54. The predicted octanol–water partition coefficient (Wildman–Crippen LogP) is 5.50. The van der Waals surface area contributed by atoms with Crippen LogP contribution in [0.25, 0.3) is 0 Å². The number of sulfonamides is 1. The number of hydrogen-bond acceptors (Lipinski definition) is 4. The Morgan fingerprint density at radius 3 is 2.14 bits per heavy atom. The Kier molecular flexibility index (Phi) is 8.79. The molecule has 0 spiro atoms. The summed E-state index contributed by atoms with van der Waals surface area (Å²) in [6.45, 7) is 10.7. The van der Waals surface area contributed by atoms with Crippen LogP contribution in [0.4, 0.5) is 5.69 Å². The summed E-state index contributed by atoms with van der Waals surface area (Å²) in [7, 11) is -3.94. The molecule has 0 fully saturated rings. The largest absolute Gasteiger partial charge is 0.491 e. The van der Waals surface area contributed by atoms with Gasteiger partial charge in [0.15, 0.2) is 0 Å². The Hall–Kier alpha value is -3.32. The van der Waals surface area contributed by atoms with Crippen LogP contribution >= 0.6 is 0 Å². The van der Waals surface area contributed by atoms with E-state index in [1.54, 1.807) is 30.3 Å². The SMILES string of the molecule is CC(C)c1ccc(N(CC(=O)NCCOc2ccccc2C(C)(C)C)S(=O)(=O)c2ccccc2)cc1. The van der Waals surface area contributed by atoms with Gasteiger partial charge in [-0.25, -0.2) is 8.42 Å². The van der Waals surface area contributed by atoms with Crippen molar-refractivity contribution in [1.82, 2.24) is 5.32 Å². The second kappa shape index (κ2) is 11.6. The maximum atomic E-state index is 13.5. The van der Waals surface area contributed by atoms with Crippen LogP contribution in [-0.2, 0) is 20.2 Å². The first-order valence-electron chi connectivity index (χ1n) is 12.2. The van der Waals surface area contributed by atoms with Crippen LogP contribution in [0, 0.1) is 0 Å². The van der Waals surface area contributed by atoms with Gasteiger partial charge in [0.25, 0.3) is 10.0 Å². The van der Waals surface area contributed by atoms with E-state index in [1.165, 1.54) is 12.1 Å². The molecule has 0 heterocycles. The van der Waals surface area contributed by atoms with E-state index in [4.69, 9.17) is 4.74 Å². The zero-order valence-corrected chi connectivity index (χ0v) is 22.5. The fourth-order valence-corrected chi connectivity index (χ4v) is 5.25. The molecule has 0 aliphatic heterocycles. The summed E-state index contributed by atoms with van der Waals surface area (Å²) in [5, 5.41) is 2.79. The molecule has 3 aromatic carbocycles. The zero-order valence-electron chi connectivity index (χ0n) is 21.7. The lowest BCUT2D eigenvalue weighted by molar-refractivity contribution is -0.119. The maximum Gasteiger partial charge on any atom is 0.264 e. The Labute approximate surface area is 215 Å². The minimum absolute atomic E-state index is 0.0722. The topological polar surface area (TPSA) is 75.7 Å². The van der Waals surface area contributed by atoms with Crippen LogP contribution in [0.15, 0.2) is 83.8 Å². The molecule has 3 aromatic rings. The Morgan fingerprint density at radius 2 is 1.53 bits per heavy atom. The Bertz CT molecular complexity index is 1250. The van der Waals surface area contributed by atoms with Gasteiger partial charge >= 0.3 is 0 Å². The third-order valence-electron chi connectivity index (χ3n) is 5.84. The van der Waals surface area contributed by atoms with Crippen LogP contribution < -0.4 is 14.4 Å². The number of hydrogen-bond donors (Lipinski definition) is 1. The van der Waals surface area contributed by atoms with E-state index in [0.29, 0.717) is 11.6 Å². The third kappa shape index (κ3) is 6.88. The molecule has 0 saturated heterocycles. The Balaban J connectivity index is 1.71. The molecule has 0 aromatic heterocycles. The maximum absolute atomic E-state index is 13.5. The summed E-state index contributed by atoms with van der Waals surface area (Å²) < 4.78 is 34.0. The second-order valence-corrected chi connectivity index (χ2v) is 11.9. The highest BCUT2D eigenvalue weighted by Gasteiger charge is 2.27. The number of anilines is 1. The van der Waals surface area contributed by atoms with Crippen molar-refractivity contribution < 1.29 is 17.9 Å². The molecule has 0 unspecified atom stereocenters. The zero-order chi connectivity index (χ0) is 26.3. The molecule has 3 rings (SSSR count). The van der Waals surface area contributed by atoms with Crippen molar-refractivity contribution in [3.8, 4) is 5.75 Å². The molecule has 1 amide bonds. The Morgan fingerprint density at radius 1 is 0.917 bits per heavy atom. The summed E-state index contributed by atoms with van der Waals surface area (Å²) in [5.74, 6) is 0.679. The lowest BCUT2D eigenvalue weighted by Gasteiger charge is -2.25. The summed E-state index contributed by atoms with van der Waals surface area (Å²) in [6.07, 6.45) is 0. The lowest BCUT2D eigenvalue weighted by atomic mass is 9.86. The summed E-state index contributed by atoms with van der Waals surface area (Å²) in [4.78, 5) is 13.0. The number of rotatable bonds is 10. The van der Waals surface area contributed by atoms with Gasteiger partial charge in [0.2, 0.25) is 5.91 Å². The van der Waals surface area contributed by atoms with Gasteiger partial charge in [0.1, 0.15) is 18.9 Å². The highest BCUT2D eigenvalue weighted by Crippen LogP contribution is 2.31. The van der Waals surface area contributed by atoms with Crippen molar-refractivity contribution in [3.05, 3.63) is 90.0 Å². The number of benzene rings is 3. The van der Waals surface area contributed by atoms with Crippen molar-refractivity contribution in [2.45, 2.75) is 50.8 Å². The van der Waals surface area contributed by atoms with Crippen LogP contribution in [-0.4, -0.2) is 34.0 Å². The molecule has 0 saturated carbocycles. The average Bonchev–Trinajstić information content (AvgIpc) is 2.85. The van der Waals surface area contributed by atoms with Crippen molar-refractivity contribution in [2.75, 3.05) is 24.0 Å². The molecule has 0 radical (unpaired) electrons. The molecule has 0 bridgehead atoms. The first-order valence-corrected chi connectivity index (χ1v) is 13.6. The van der Waals surface area contributed by atoms with Crippen molar-refractivity contribution in [1.29, 1.82) is 0 Å². The van der Waals surface area contributed by atoms with E-state index in [-0.39, 0.29) is 30.0 Å². The fourth-order valence-electron chi connectivity index (χ4n) is 3.81. The van der Waals surface area contributed by atoms with Gasteiger partial charge in [-0.2, -0.15) is 0 Å². The van der Waals surface area contributed by atoms with Gasteiger partial charge in [-0.1, -0.05) is 83.1 Å². The van der Waals surface area contributed by atoms with E-state index < -0.39 is 15.9 Å². The number of nitrogens with one attached hydrogen (secondary N) is 1. The number of ether oxygens (including phenoxy) is 1. The normalized spacial score (nSPS) is 11.8. The van der Waals surface area contributed by atoms with Crippen LogP contribution in [0.2, 0.25) is 0 Å². The van der Waals surface area contributed by atoms with Crippen molar-refractivity contribution in [3.63, 3.8) is 0 Å².